The van der Waals surface area contributed by atoms with E-state index >= 15 is 0 Å². The van der Waals surface area contributed by atoms with Crippen molar-refractivity contribution in [1.29, 1.82) is 0 Å². The Morgan fingerprint density at radius 3 is 1.10 bits per heavy atom. The van der Waals surface area contributed by atoms with Gasteiger partial charge in [-0.3, -0.25) is 36.7 Å². The smallest absolute Gasteiger partial charge is 0.365 e. The minimum Gasteiger partial charge on any atom is -0.365 e. The number of H-pyrrole nitrogens is 2. The van der Waals surface area contributed by atoms with E-state index in [1.165, 1.54) is 79.2 Å². The lowest BCUT2D eigenvalue weighted by molar-refractivity contribution is -0.142. The molecule has 782 valence electrons. The van der Waals surface area contributed by atoms with Crippen LogP contribution in [0, 0.1) is 17.8 Å². The van der Waals surface area contributed by atoms with Crippen molar-refractivity contribution < 1.29 is 89.4 Å². The number of hydrogen-bond donors (Lipinski definition) is 6. The number of nitrogens with two attached hydrogens (primary N) is 1. The average Bonchev–Trinajstić information content (AvgIpc) is 1.61. The molecular formula is C92H88F16N38O4. The monoisotopic (exact) mass is 2090 g/mol. The summed E-state index contributed by atoms with van der Waals surface area (Å²) in [5, 5.41) is 14.4. The van der Waals surface area contributed by atoms with Crippen LogP contribution in [0.4, 0.5) is 104 Å². The van der Waals surface area contributed by atoms with Crippen LogP contribution in [0.25, 0.3) is 85.8 Å². The van der Waals surface area contributed by atoms with Gasteiger partial charge in [0.15, 0.2) is 85.8 Å². The number of aromatic nitrogens is 29. The summed E-state index contributed by atoms with van der Waals surface area (Å²) < 4.78 is 222. The highest BCUT2D eigenvalue weighted by Crippen LogP contribution is 2.40. The first-order valence-corrected chi connectivity index (χ1v) is 46.5. The van der Waals surface area contributed by atoms with Crippen LogP contribution >= 0.6 is 0 Å². The largest absolute Gasteiger partial charge is 0.434 e. The van der Waals surface area contributed by atoms with Crippen LogP contribution in [0.15, 0.2) is 173 Å². The predicted octanol–water partition coefficient (Wildman–Crippen LogP) is 12.9. The molecule has 0 radical (unpaired) electrons. The van der Waals surface area contributed by atoms with Crippen molar-refractivity contribution in [2.75, 3.05) is 96.5 Å². The van der Waals surface area contributed by atoms with Gasteiger partial charge in [-0.05, 0) is 94.5 Å². The van der Waals surface area contributed by atoms with Gasteiger partial charge in [-0.15, -0.1) is 0 Å². The van der Waals surface area contributed by atoms with Gasteiger partial charge in [0, 0.05) is 165 Å². The Kier molecular flexibility index (Phi) is 29.4. The molecule has 0 bridgehead atoms. The standard InChI is InChI=1S/C20H19F3N8O.C19H20F3N7O.C18H14F4N8.C18H19F3N8O.C17H16F3N7O/c1-11-8-30(12(2)18(32-11)13-5-24-10-28-13)16-3-4-25-19(29-16)14-6-27-17-7-26-15(9-31(14)17)20(21,22)23;1-12(30)24-7-13-3-2-6-28(10-13)16-4-5-23-18(27-16)14-8-26-17-9-25-15(11-29(14)17)19(20,21)22;19-16-11(5-26-28-16)10-2-4-29(8-10)14-1-3-23-17(27-14)12-6-25-15-7-24-13(9-30(12)15)18(20,21)22;19-18(20,21)13-10-29-12(7-25-15(29)8-24-13)16-23-4-3-14(27-16)28-5-1-2-11(9-28)6-26-17(22)30;1-10(28)24-11-3-5-26(8-11)14-2-4-21-16(25-14)12-6-23-15-7-22-13(9-27(12)15)17(18,19)20/h3-7,9-12,18H,8H2,1-2H3,(H,24,28);4-5,8-9,11,13H,2-3,6-7,10H2,1H3,(H,24,30);1,3,5-7,9-10H,2,4,8H2,(H,26,28);3-4,7-8,10-11H,1-2,5-6,9H2,(H3,22,26,30);2,4,6-7,9,11H,3,5,8H2,1H3,(H,24,28). The van der Waals surface area contributed by atoms with Crippen LogP contribution in [0.5, 0.6) is 0 Å². The highest BCUT2D eigenvalue weighted by molar-refractivity contribution is 5.74. The maximum Gasteiger partial charge on any atom is 0.434 e. The van der Waals surface area contributed by atoms with Gasteiger partial charge in [0.2, 0.25) is 17.8 Å². The molecule has 7 unspecified atom stereocenters. The highest BCUT2D eigenvalue weighted by Gasteiger charge is 2.41. The number of rotatable bonds is 17. The van der Waals surface area contributed by atoms with Gasteiger partial charge in [0.1, 0.15) is 63.7 Å². The fraction of sp³-hybridized carbons (Fsp3) is 0.359. The summed E-state index contributed by atoms with van der Waals surface area (Å²) in [6, 6.07) is 8.14. The number of fused-ring (bicyclic) bond motifs is 5. The first kappa shape index (κ1) is 103. The van der Waals surface area contributed by atoms with E-state index in [1.807, 2.05) is 23.6 Å². The van der Waals surface area contributed by atoms with Gasteiger partial charge < -0.3 is 55.9 Å². The molecular weight excluding hydrogens is 2010 g/mol. The number of piperidine rings is 2. The van der Waals surface area contributed by atoms with Crippen molar-refractivity contribution in [2.45, 2.75) is 127 Å². The summed E-state index contributed by atoms with van der Waals surface area (Å²) in [5.41, 5.74) is 4.45. The lowest BCUT2D eigenvalue weighted by Gasteiger charge is -2.42. The molecule has 150 heavy (non-hydrogen) atoms. The van der Waals surface area contributed by atoms with Crippen molar-refractivity contribution >= 4 is 75.2 Å². The molecule has 5 fully saturated rings. The molecule has 0 aliphatic carbocycles. The zero-order valence-electron chi connectivity index (χ0n) is 79.3. The Hall–Kier alpha value is -17.0. The van der Waals surface area contributed by atoms with Crippen LogP contribution < -0.4 is 46.2 Å². The minimum absolute atomic E-state index is 0.0293. The number of nitrogens with one attached hydrogen (secondary N) is 5. The Morgan fingerprint density at radius 2 is 0.760 bits per heavy atom. The van der Waals surface area contributed by atoms with E-state index in [0.29, 0.717) is 121 Å². The van der Waals surface area contributed by atoms with Gasteiger partial charge in [-0.2, -0.15) is 75.3 Å². The molecule has 0 spiro atoms. The molecule has 0 saturated carbocycles. The van der Waals surface area contributed by atoms with Crippen LogP contribution in [-0.2, 0) is 45.2 Å². The summed E-state index contributed by atoms with van der Waals surface area (Å²) >= 11 is 0. The second-order valence-electron chi connectivity index (χ2n) is 35.5. The summed E-state index contributed by atoms with van der Waals surface area (Å²) in [4.78, 5) is 132. The SMILES string of the molecule is CC(=O)NC1CCN(c2ccnc(-c3cnc4cnc(C(F)(F)F)cn34)n2)C1.CC(=O)NCC1CCCN(c2ccnc(-c3cnc4cnc(C(F)(F)F)cn34)n2)C1.CC1CN(c2ccnc(-c3cnc4cnc(C(F)(F)F)cn34)n2)C(C)C(c2cnc[nH]2)O1.Fc1[nH]ncc1C1CCN(c2ccnc(-c3cnc4cnc(C(F)(F)F)cn34)n2)C1.NC(=O)NCC1CCCN(c2ccnc(-c3cnc4cnc(C(F)(F)F)cn34)n2)C1. The molecule has 0 aromatic carbocycles. The number of alkyl halides is 15. The maximum atomic E-state index is 13.8. The number of nitrogens with zero attached hydrogens (tertiary/aromatic N) is 32. The van der Waals surface area contributed by atoms with Crippen molar-refractivity contribution in [3.05, 3.63) is 219 Å². The summed E-state index contributed by atoms with van der Waals surface area (Å²) in [7, 11) is 0. The van der Waals surface area contributed by atoms with E-state index in [1.54, 1.807) is 67.6 Å². The third-order valence-electron chi connectivity index (χ3n) is 25.0. The van der Waals surface area contributed by atoms with Crippen LogP contribution in [-0.4, -0.2) is 250 Å². The number of carbonyl (C=O) groups is 3. The summed E-state index contributed by atoms with van der Waals surface area (Å²) in [6.07, 6.45) is 11.8. The van der Waals surface area contributed by atoms with Gasteiger partial charge in [-0.25, -0.2) is 109 Å². The molecule has 5 aliphatic rings. The van der Waals surface area contributed by atoms with E-state index in [2.05, 4.69) is 150 Å². The normalized spacial score (nSPS) is 18.3. The number of aromatic amines is 2. The van der Waals surface area contributed by atoms with Crippen LogP contribution in [0.3, 0.4) is 0 Å². The molecule has 7 atom stereocenters. The molecule has 58 heteroatoms. The third-order valence-corrected chi connectivity index (χ3v) is 25.0. The number of urea groups is 1. The van der Waals surface area contributed by atoms with Crippen molar-refractivity contribution in [1.82, 2.24) is 158 Å². The van der Waals surface area contributed by atoms with Crippen molar-refractivity contribution in [3.63, 3.8) is 0 Å². The lowest BCUT2D eigenvalue weighted by atomic mass is 9.98. The van der Waals surface area contributed by atoms with E-state index in [9.17, 15) is 84.6 Å². The number of ether oxygens (including phenoxy) is 1. The second-order valence-corrected chi connectivity index (χ2v) is 35.5. The van der Waals surface area contributed by atoms with Crippen molar-refractivity contribution in [2.24, 2.45) is 17.6 Å². The Bertz CT molecular complexity index is 7510. The predicted molar refractivity (Wildman–Crippen MR) is 502 cm³/mol. The van der Waals surface area contributed by atoms with Crippen LogP contribution in [0.1, 0.15) is 118 Å². The quantitative estimate of drug-likeness (QED) is 0.0461. The number of imidazole rings is 6. The molecule has 7 N–H and O–H groups in total. The van der Waals surface area contributed by atoms with Crippen LogP contribution in [0.2, 0.25) is 0 Å². The van der Waals surface area contributed by atoms with E-state index in [0.717, 1.165) is 126 Å². The number of halogens is 16. The fourth-order valence-corrected chi connectivity index (χ4v) is 17.9. The van der Waals surface area contributed by atoms with E-state index < -0.39 is 71.3 Å². The lowest BCUT2D eigenvalue weighted by Crippen LogP contribution is -2.49. The molecule has 17 aromatic rings. The Balaban J connectivity index is 0.000000122. The summed E-state index contributed by atoms with van der Waals surface area (Å²) in [5.74, 6) is 4.43. The topological polar surface area (TPSA) is 476 Å². The molecule has 22 heterocycles. The zero-order chi connectivity index (χ0) is 106. The minimum atomic E-state index is -4.58. The van der Waals surface area contributed by atoms with E-state index in [-0.39, 0.29) is 105 Å². The second kappa shape index (κ2) is 42.8. The van der Waals surface area contributed by atoms with Gasteiger partial charge in [0.05, 0.1) is 98.5 Å². The molecule has 42 nitrogen and oxygen atoms in total. The Morgan fingerprint density at radius 1 is 0.407 bits per heavy atom. The number of morpholine rings is 1. The zero-order valence-corrected chi connectivity index (χ0v) is 79.3. The molecule has 22 rings (SSSR count). The van der Waals surface area contributed by atoms with Gasteiger partial charge in [0.25, 0.3) is 0 Å². The van der Waals surface area contributed by atoms with Gasteiger partial charge >= 0.3 is 36.9 Å². The first-order valence-electron chi connectivity index (χ1n) is 46.5. The third kappa shape index (κ3) is 23.6. The number of carbonyl (C=O) groups excluding carboxylic acids is 3. The molecule has 4 amide bonds. The number of hydrogen-bond acceptors (Lipinski definition) is 31. The van der Waals surface area contributed by atoms with Gasteiger partial charge in [-0.1, -0.05) is 0 Å². The molecule has 5 aliphatic heterocycles. The Labute approximate surface area is 836 Å². The number of amides is 4. The average molecular weight is 2090 g/mol. The maximum absolute atomic E-state index is 13.8. The highest BCUT2D eigenvalue weighted by atomic mass is 19.4. The first-order chi connectivity index (χ1) is 71.6. The van der Waals surface area contributed by atoms with E-state index in [4.69, 9.17) is 10.5 Å². The molecule has 5 saturated heterocycles. The summed E-state index contributed by atoms with van der Waals surface area (Å²) in [6.45, 7) is 14.1. The number of primary amides is 1. The fourth-order valence-electron chi connectivity index (χ4n) is 17.9. The van der Waals surface area contributed by atoms with Crippen molar-refractivity contribution in [3.8, 4) is 57.6 Å². The molecule has 17 aromatic heterocycles. The number of anilines is 5.